The molecule has 0 unspecified atom stereocenters. The molecule has 0 radical (unpaired) electrons. The standard InChI is InChI=1S/C21H28N4O2/c1-21(2)12-15-6-4-7-16(18(15)27-21)13-23-17-8-5-10-25(14-17)19-20(26)24(3)11-9-22-19/h4,6-7,9,11,17,23H,5,8,10,12-14H2,1-3H3/t17-/m0/s1. The lowest BCUT2D eigenvalue weighted by Crippen LogP contribution is -2.47. The van der Waals surface area contributed by atoms with E-state index >= 15 is 0 Å². The largest absolute Gasteiger partial charge is 0.487 e. The van der Waals surface area contributed by atoms with Gasteiger partial charge in [-0.3, -0.25) is 4.79 Å². The van der Waals surface area contributed by atoms with Crippen molar-refractivity contribution in [3.8, 4) is 5.75 Å². The summed E-state index contributed by atoms with van der Waals surface area (Å²) in [5.41, 5.74) is 2.35. The molecule has 0 aliphatic carbocycles. The lowest BCUT2D eigenvalue weighted by molar-refractivity contribution is 0.137. The summed E-state index contributed by atoms with van der Waals surface area (Å²) in [6.07, 6.45) is 6.50. The van der Waals surface area contributed by atoms with E-state index in [1.54, 1.807) is 24.0 Å². The van der Waals surface area contributed by atoms with Crippen molar-refractivity contribution in [3.63, 3.8) is 0 Å². The van der Waals surface area contributed by atoms with E-state index in [4.69, 9.17) is 4.74 Å². The van der Waals surface area contributed by atoms with Crippen LogP contribution in [-0.2, 0) is 20.0 Å². The number of para-hydroxylation sites is 1. The van der Waals surface area contributed by atoms with E-state index in [0.29, 0.717) is 11.9 Å². The molecule has 1 N–H and O–H groups in total. The van der Waals surface area contributed by atoms with Crippen LogP contribution in [0.15, 0.2) is 35.4 Å². The summed E-state index contributed by atoms with van der Waals surface area (Å²) in [6.45, 7) is 6.72. The molecule has 4 rings (SSSR count). The molecule has 2 aliphatic rings. The summed E-state index contributed by atoms with van der Waals surface area (Å²) in [4.78, 5) is 18.8. The quantitative estimate of drug-likeness (QED) is 0.897. The number of fused-ring (bicyclic) bond motifs is 1. The van der Waals surface area contributed by atoms with Gasteiger partial charge in [0.1, 0.15) is 11.4 Å². The van der Waals surface area contributed by atoms with Crippen molar-refractivity contribution in [1.29, 1.82) is 0 Å². The van der Waals surface area contributed by atoms with Crippen LogP contribution in [-0.4, -0.2) is 34.3 Å². The van der Waals surface area contributed by atoms with E-state index in [9.17, 15) is 4.79 Å². The molecule has 1 atom stereocenters. The Morgan fingerprint density at radius 3 is 3.07 bits per heavy atom. The highest BCUT2D eigenvalue weighted by atomic mass is 16.5. The van der Waals surface area contributed by atoms with Gasteiger partial charge in [-0.05, 0) is 32.3 Å². The van der Waals surface area contributed by atoms with Gasteiger partial charge in [0.25, 0.3) is 5.56 Å². The molecule has 0 spiro atoms. The Hall–Kier alpha value is -2.34. The number of anilines is 1. The minimum absolute atomic E-state index is 0.0327. The first-order valence-electron chi connectivity index (χ1n) is 9.73. The molecular formula is C21H28N4O2. The molecule has 1 aromatic carbocycles. The number of nitrogens with one attached hydrogen (secondary N) is 1. The highest BCUT2D eigenvalue weighted by Crippen LogP contribution is 2.37. The van der Waals surface area contributed by atoms with Gasteiger partial charge in [0.15, 0.2) is 5.82 Å². The molecule has 3 heterocycles. The number of piperidine rings is 1. The van der Waals surface area contributed by atoms with Crippen LogP contribution in [0, 0.1) is 0 Å². The van der Waals surface area contributed by atoms with E-state index in [2.05, 4.69) is 47.2 Å². The molecule has 27 heavy (non-hydrogen) atoms. The second-order valence-electron chi connectivity index (χ2n) is 8.28. The molecule has 144 valence electrons. The van der Waals surface area contributed by atoms with Gasteiger partial charge in [0, 0.05) is 57.1 Å². The lowest BCUT2D eigenvalue weighted by atomic mass is 10.00. The normalized spacial score (nSPS) is 21.0. The first-order valence-corrected chi connectivity index (χ1v) is 9.73. The number of ether oxygens (including phenoxy) is 1. The summed E-state index contributed by atoms with van der Waals surface area (Å²) < 4.78 is 7.77. The van der Waals surface area contributed by atoms with Crippen molar-refractivity contribution in [2.75, 3.05) is 18.0 Å². The number of aromatic nitrogens is 2. The second-order valence-corrected chi connectivity index (χ2v) is 8.28. The first-order chi connectivity index (χ1) is 12.9. The van der Waals surface area contributed by atoms with Gasteiger partial charge in [-0.2, -0.15) is 0 Å². The number of hydrogen-bond donors (Lipinski definition) is 1. The molecular weight excluding hydrogens is 340 g/mol. The van der Waals surface area contributed by atoms with E-state index in [1.807, 2.05) is 0 Å². The fourth-order valence-electron chi connectivity index (χ4n) is 4.11. The second kappa shape index (κ2) is 7.00. The highest BCUT2D eigenvalue weighted by molar-refractivity contribution is 5.45. The van der Waals surface area contributed by atoms with Gasteiger partial charge in [-0.25, -0.2) is 4.98 Å². The SMILES string of the molecule is Cn1ccnc(N2CCC[C@H](NCc3cccc4c3OC(C)(C)C4)C2)c1=O. The van der Waals surface area contributed by atoms with Crippen LogP contribution in [0.2, 0.25) is 0 Å². The average Bonchev–Trinajstić information content (AvgIpc) is 2.97. The van der Waals surface area contributed by atoms with Crippen molar-refractivity contribution in [2.45, 2.75) is 51.3 Å². The van der Waals surface area contributed by atoms with Gasteiger partial charge in [-0.15, -0.1) is 0 Å². The molecule has 6 heteroatoms. The zero-order valence-corrected chi connectivity index (χ0v) is 16.4. The Morgan fingerprint density at radius 2 is 2.22 bits per heavy atom. The Kier molecular flexibility index (Phi) is 4.68. The van der Waals surface area contributed by atoms with Crippen LogP contribution in [0.25, 0.3) is 0 Å². The lowest BCUT2D eigenvalue weighted by Gasteiger charge is -2.33. The maximum absolute atomic E-state index is 12.4. The minimum Gasteiger partial charge on any atom is -0.487 e. The van der Waals surface area contributed by atoms with Crippen LogP contribution >= 0.6 is 0 Å². The number of benzene rings is 1. The van der Waals surface area contributed by atoms with Gasteiger partial charge >= 0.3 is 0 Å². The van der Waals surface area contributed by atoms with E-state index in [-0.39, 0.29) is 11.2 Å². The molecule has 0 bridgehead atoms. The summed E-state index contributed by atoms with van der Waals surface area (Å²) in [7, 11) is 1.77. The van der Waals surface area contributed by atoms with E-state index in [0.717, 1.165) is 44.6 Å². The van der Waals surface area contributed by atoms with Crippen LogP contribution in [0.3, 0.4) is 0 Å². The Labute approximate surface area is 160 Å². The van der Waals surface area contributed by atoms with Gasteiger partial charge < -0.3 is 19.5 Å². The number of rotatable bonds is 4. The van der Waals surface area contributed by atoms with Crippen LogP contribution in [0.1, 0.15) is 37.8 Å². The zero-order valence-electron chi connectivity index (χ0n) is 16.4. The topological polar surface area (TPSA) is 59.4 Å². The maximum Gasteiger partial charge on any atom is 0.293 e. The molecule has 1 fully saturated rings. The summed E-state index contributed by atoms with van der Waals surface area (Å²) in [6, 6.07) is 6.75. The van der Waals surface area contributed by atoms with Gasteiger partial charge in [0.05, 0.1) is 0 Å². The van der Waals surface area contributed by atoms with Crippen molar-refractivity contribution in [1.82, 2.24) is 14.9 Å². The van der Waals surface area contributed by atoms with Crippen molar-refractivity contribution >= 4 is 5.82 Å². The van der Waals surface area contributed by atoms with Crippen LogP contribution in [0.4, 0.5) is 5.82 Å². The Balaban J connectivity index is 1.44. The number of nitrogens with zero attached hydrogens (tertiary/aromatic N) is 3. The smallest absolute Gasteiger partial charge is 0.293 e. The average molecular weight is 368 g/mol. The van der Waals surface area contributed by atoms with Crippen LogP contribution in [0.5, 0.6) is 5.75 Å². The fourth-order valence-corrected chi connectivity index (χ4v) is 4.11. The van der Waals surface area contributed by atoms with Crippen molar-refractivity contribution in [2.24, 2.45) is 7.05 Å². The molecule has 0 amide bonds. The first kappa shape index (κ1) is 18.0. The summed E-state index contributed by atoms with van der Waals surface area (Å²) >= 11 is 0. The fraction of sp³-hybridized carbons (Fsp3) is 0.524. The van der Waals surface area contributed by atoms with Gasteiger partial charge in [-0.1, -0.05) is 18.2 Å². The summed E-state index contributed by atoms with van der Waals surface area (Å²) in [5, 5.41) is 3.67. The Morgan fingerprint density at radius 1 is 1.37 bits per heavy atom. The van der Waals surface area contributed by atoms with Crippen molar-refractivity contribution in [3.05, 3.63) is 52.1 Å². The predicted molar refractivity (Wildman–Crippen MR) is 106 cm³/mol. The third-order valence-electron chi connectivity index (χ3n) is 5.47. The highest BCUT2D eigenvalue weighted by Gasteiger charge is 2.31. The molecule has 2 aliphatic heterocycles. The molecule has 0 saturated carbocycles. The Bertz CT molecular complexity index is 890. The van der Waals surface area contributed by atoms with Gasteiger partial charge in [0.2, 0.25) is 0 Å². The van der Waals surface area contributed by atoms with E-state index in [1.165, 1.54) is 11.1 Å². The van der Waals surface area contributed by atoms with Crippen molar-refractivity contribution < 1.29 is 4.74 Å². The number of hydrogen-bond acceptors (Lipinski definition) is 5. The number of aryl methyl sites for hydroxylation is 1. The zero-order chi connectivity index (χ0) is 19.0. The third-order valence-corrected chi connectivity index (χ3v) is 5.47. The predicted octanol–water partition coefficient (Wildman–Crippen LogP) is 2.25. The third kappa shape index (κ3) is 3.72. The van der Waals surface area contributed by atoms with E-state index < -0.39 is 0 Å². The molecule has 1 aromatic heterocycles. The maximum atomic E-state index is 12.4. The molecule has 2 aromatic rings. The molecule has 6 nitrogen and oxygen atoms in total. The van der Waals surface area contributed by atoms with Crippen LogP contribution < -0.4 is 20.5 Å². The minimum atomic E-state index is -0.126. The monoisotopic (exact) mass is 368 g/mol. The summed E-state index contributed by atoms with van der Waals surface area (Å²) in [5.74, 6) is 1.60. The molecule has 1 saturated heterocycles.